The maximum atomic E-state index is 9.76. The van der Waals surface area contributed by atoms with E-state index in [9.17, 15) is 4.79 Å². The number of hydrogen-bond donors (Lipinski definition) is 3. The molecule has 0 amide bonds. The van der Waals surface area contributed by atoms with Gasteiger partial charge in [-0.15, -0.1) is 0 Å². The fraction of sp³-hybridized carbons (Fsp3) is 0.667. The van der Waals surface area contributed by atoms with Crippen molar-refractivity contribution in [3.05, 3.63) is 0 Å². The summed E-state index contributed by atoms with van der Waals surface area (Å²) in [5.74, 6) is -0.815. The van der Waals surface area contributed by atoms with Crippen LogP contribution in [0.5, 0.6) is 0 Å². The van der Waals surface area contributed by atoms with Crippen molar-refractivity contribution in [2.24, 2.45) is 5.73 Å². The Morgan fingerprint density at radius 3 is 2.43 bits per heavy atom. The van der Waals surface area contributed by atoms with Gasteiger partial charge >= 0.3 is 5.97 Å². The third-order valence-corrected chi connectivity index (χ3v) is 0.907. The molecule has 0 aromatic rings. The number of rotatable bonds is 2. The van der Waals surface area contributed by atoms with Gasteiger partial charge in [-0.25, -0.2) is 0 Å². The first-order chi connectivity index (χ1) is 3.18. The zero-order valence-corrected chi connectivity index (χ0v) is 4.56. The van der Waals surface area contributed by atoms with Gasteiger partial charge < -0.3 is 10.8 Å². The first-order valence-corrected chi connectivity index (χ1v) is 2.41. The number of nitrogens with two attached hydrogens (primary N) is 1. The van der Waals surface area contributed by atoms with E-state index in [1.807, 2.05) is 0 Å². The SMILES string of the molecule is N[13C@H]([13CH2]S)[13C](=O)O. The van der Waals surface area contributed by atoms with E-state index in [-0.39, 0.29) is 5.75 Å². The van der Waals surface area contributed by atoms with Crippen LogP contribution in [-0.2, 0) is 4.79 Å². The largest absolute Gasteiger partial charge is 0.480 e. The van der Waals surface area contributed by atoms with Gasteiger partial charge in [0.2, 0.25) is 0 Å². The number of carboxylic acid groups (broad SMARTS) is 1. The van der Waals surface area contributed by atoms with Gasteiger partial charge in [-0.3, -0.25) is 4.79 Å². The van der Waals surface area contributed by atoms with Crippen LogP contribution in [0.15, 0.2) is 0 Å². The molecule has 0 aliphatic carbocycles. The first kappa shape index (κ1) is 6.78. The van der Waals surface area contributed by atoms with E-state index in [0.717, 1.165) is 0 Å². The van der Waals surface area contributed by atoms with Crippen molar-refractivity contribution in [2.75, 3.05) is 5.75 Å². The lowest BCUT2D eigenvalue weighted by Gasteiger charge is -1.96. The molecule has 42 valence electrons. The average molecular weight is 124 g/mol. The zero-order valence-electron chi connectivity index (χ0n) is 3.66. The molecule has 3 N–H and O–H groups in total. The van der Waals surface area contributed by atoms with Crippen molar-refractivity contribution >= 4 is 18.6 Å². The Morgan fingerprint density at radius 1 is 2.00 bits per heavy atom. The van der Waals surface area contributed by atoms with Crippen LogP contribution in [0.3, 0.4) is 0 Å². The number of aliphatic carboxylic acids is 1. The molecule has 7 heavy (non-hydrogen) atoms. The van der Waals surface area contributed by atoms with E-state index in [0.29, 0.717) is 0 Å². The molecule has 0 unspecified atom stereocenters. The second-order valence-corrected chi connectivity index (χ2v) is 1.49. The topological polar surface area (TPSA) is 63.3 Å². The first-order valence-electron chi connectivity index (χ1n) is 1.77. The lowest BCUT2D eigenvalue weighted by Crippen LogP contribution is -2.31. The summed E-state index contributed by atoms with van der Waals surface area (Å²) in [6, 6.07) is -0.816. The van der Waals surface area contributed by atoms with Crippen molar-refractivity contribution in [3.63, 3.8) is 0 Å². The summed E-state index contributed by atoms with van der Waals surface area (Å²) in [6.45, 7) is 0. The molecule has 0 aromatic heterocycles. The van der Waals surface area contributed by atoms with Crippen molar-refractivity contribution < 1.29 is 9.90 Å². The summed E-state index contributed by atoms with van der Waals surface area (Å²) < 4.78 is 0. The summed E-state index contributed by atoms with van der Waals surface area (Å²) in [5, 5.41) is 8.01. The van der Waals surface area contributed by atoms with Gasteiger partial charge in [0.1, 0.15) is 6.04 Å². The van der Waals surface area contributed by atoms with E-state index < -0.39 is 12.0 Å². The third-order valence-electron chi connectivity index (χ3n) is 0.514. The molecule has 0 fully saturated rings. The summed E-state index contributed by atoms with van der Waals surface area (Å²) in [6.07, 6.45) is 0. The van der Waals surface area contributed by atoms with Gasteiger partial charge in [-0.1, -0.05) is 0 Å². The Kier molecular flexibility index (Phi) is 2.78. The summed E-state index contributed by atoms with van der Waals surface area (Å²) in [5.41, 5.74) is 4.94. The van der Waals surface area contributed by atoms with Crippen LogP contribution in [0.1, 0.15) is 0 Å². The zero-order chi connectivity index (χ0) is 5.86. The Labute approximate surface area is 46.9 Å². The predicted octanol–water partition coefficient (Wildman–Crippen LogP) is -0.672. The fourth-order valence-corrected chi connectivity index (χ4v) is 0.234. The molecule has 0 aliphatic rings. The van der Waals surface area contributed by atoms with E-state index >= 15 is 0 Å². The Balaban J connectivity index is 3.34. The molecule has 0 saturated carbocycles. The summed E-state index contributed by atoms with van der Waals surface area (Å²) in [4.78, 5) is 9.76. The maximum absolute atomic E-state index is 9.76. The number of carboxylic acids is 1. The minimum absolute atomic E-state index is 0.190. The minimum atomic E-state index is -1.00. The Hall–Kier alpha value is -0.220. The standard InChI is InChI=1S/C3H7NO2S/c4-2(1-7)3(5)6/h2,7H,1,4H2,(H,5,6)/t2-/m1/s1/i1+1,2+1,3+1. The van der Waals surface area contributed by atoms with Gasteiger partial charge in [-0.05, 0) is 0 Å². The molecule has 0 aromatic carbocycles. The van der Waals surface area contributed by atoms with Gasteiger partial charge in [0.25, 0.3) is 0 Å². The van der Waals surface area contributed by atoms with E-state index in [2.05, 4.69) is 12.6 Å². The van der Waals surface area contributed by atoms with Crippen LogP contribution in [0.25, 0.3) is 0 Å². The molecule has 0 aliphatic heterocycles. The normalized spacial score (nSPS) is 13.4. The van der Waals surface area contributed by atoms with E-state index in [4.69, 9.17) is 10.8 Å². The molecule has 3 nitrogen and oxygen atoms in total. The van der Waals surface area contributed by atoms with Crippen molar-refractivity contribution in [2.45, 2.75) is 6.04 Å². The van der Waals surface area contributed by atoms with Gasteiger partial charge in [0, 0.05) is 5.75 Å². The van der Waals surface area contributed by atoms with Crippen LogP contribution in [0.4, 0.5) is 0 Å². The summed E-state index contributed by atoms with van der Waals surface area (Å²) in [7, 11) is 0. The van der Waals surface area contributed by atoms with Crippen LogP contribution in [-0.4, -0.2) is 22.9 Å². The van der Waals surface area contributed by atoms with Crippen molar-refractivity contribution in [1.82, 2.24) is 0 Å². The molecular weight excluding hydrogens is 117 g/mol. The van der Waals surface area contributed by atoms with E-state index in [1.165, 1.54) is 0 Å². The fourth-order valence-electron chi connectivity index (χ4n) is 0.0781. The summed E-state index contributed by atoms with van der Waals surface area (Å²) >= 11 is 3.65. The molecule has 0 bridgehead atoms. The van der Waals surface area contributed by atoms with Crippen LogP contribution < -0.4 is 5.73 Å². The third kappa shape index (κ3) is 2.47. The second kappa shape index (κ2) is 2.87. The van der Waals surface area contributed by atoms with E-state index in [1.54, 1.807) is 0 Å². The average Bonchev–Trinajstić information content (AvgIpc) is 1.65. The second-order valence-electron chi connectivity index (χ2n) is 1.13. The van der Waals surface area contributed by atoms with Crippen molar-refractivity contribution in [1.29, 1.82) is 0 Å². The lowest BCUT2D eigenvalue weighted by molar-refractivity contribution is -0.137. The molecular formula is C3H7NO2S. The smallest absolute Gasteiger partial charge is 0.321 e. The van der Waals surface area contributed by atoms with Crippen LogP contribution >= 0.6 is 12.6 Å². The highest BCUT2D eigenvalue weighted by Gasteiger charge is 2.06. The van der Waals surface area contributed by atoms with Gasteiger partial charge in [-0.2, -0.15) is 12.6 Å². The highest BCUT2D eigenvalue weighted by molar-refractivity contribution is 7.80. The monoisotopic (exact) mass is 124 g/mol. The lowest BCUT2D eigenvalue weighted by atomic mass is 11.3. The quantitative estimate of drug-likeness (QED) is 0.338. The highest BCUT2D eigenvalue weighted by atomic mass is 32.1. The molecule has 0 heterocycles. The molecule has 0 saturated heterocycles. The maximum Gasteiger partial charge on any atom is 0.321 e. The van der Waals surface area contributed by atoms with Crippen LogP contribution in [0, 0.1) is 0 Å². The minimum Gasteiger partial charge on any atom is -0.480 e. The number of hydrogen-bond acceptors (Lipinski definition) is 3. The molecule has 0 radical (unpaired) electrons. The number of thiol groups is 1. The Morgan fingerprint density at radius 2 is 2.43 bits per heavy atom. The highest BCUT2D eigenvalue weighted by Crippen LogP contribution is 1.80. The van der Waals surface area contributed by atoms with Gasteiger partial charge in [0.05, 0.1) is 0 Å². The molecule has 0 rings (SSSR count). The van der Waals surface area contributed by atoms with Crippen molar-refractivity contribution in [3.8, 4) is 0 Å². The molecule has 1 atom stereocenters. The van der Waals surface area contributed by atoms with Crippen LogP contribution in [0.2, 0.25) is 0 Å². The van der Waals surface area contributed by atoms with Gasteiger partial charge in [0.15, 0.2) is 0 Å². The predicted molar refractivity (Wildman–Crippen MR) is 29.5 cm³/mol. The molecule has 4 heteroatoms. The Bertz CT molecular complexity index is 75.3. The number of carbonyl (C=O) groups is 1. The molecule has 0 spiro atoms.